The molecule has 0 atom stereocenters. The first kappa shape index (κ1) is 17.6. The van der Waals surface area contributed by atoms with Crippen LogP contribution in [0.1, 0.15) is 5.56 Å². The Labute approximate surface area is 186 Å². The van der Waals surface area contributed by atoms with Crippen molar-refractivity contribution < 1.29 is 0 Å². The number of hydrogen-bond acceptors (Lipinski definition) is 0. The summed E-state index contributed by atoms with van der Waals surface area (Å²) in [4.78, 5) is 0. The summed E-state index contributed by atoms with van der Waals surface area (Å²) in [5.74, 6) is 0. The van der Waals surface area contributed by atoms with E-state index in [1.807, 2.05) is 0 Å². The maximum atomic E-state index is 2.46. The lowest BCUT2D eigenvalue weighted by Gasteiger charge is -2.05. The van der Waals surface area contributed by atoms with Crippen molar-refractivity contribution in [3.05, 3.63) is 115 Å². The molecule has 0 aliphatic heterocycles. The van der Waals surface area contributed by atoms with Crippen LogP contribution in [-0.2, 0) is 0 Å². The minimum Gasteiger partial charge on any atom is -0.308 e. The van der Waals surface area contributed by atoms with Gasteiger partial charge in [-0.3, -0.25) is 0 Å². The number of aromatic nitrogens is 1. The summed E-state index contributed by atoms with van der Waals surface area (Å²) in [6.07, 6.45) is 0. The first-order valence-electron chi connectivity index (χ1n) is 11.1. The highest BCUT2D eigenvalue weighted by Crippen LogP contribution is 2.42. The van der Waals surface area contributed by atoms with Crippen molar-refractivity contribution in [1.29, 1.82) is 0 Å². The molecule has 0 radical (unpaired) electrons. The zero-order chi connectivity index (χ0) is 21.2. The predicted octanol–water partition coefficient (Wildman–Crippen LogP) is 8.48. The molecule has 0 aliphatic carbocycles. The number of hydrogen-bond donors (Lipinski definition) is 0. The number of nitrogens with zero attached hydrogens (tertiary/aromatic N) is 1. The van der Waals surface area contributed by atoms with Gasteiger partial charge in [-0.2, -0.15) is 0 Å². The standard InChI is InChI=1S/C31H21N/c1-20-12-14-25-27-18-24(22-10-6-3-7-11-22)19-28-26-17-23(21-8-4-2-5-9-21)13-15-29(26)32(31(27)28)30(25)16-20/h2-19H,1H3. The summed E-state index contributed by atoms with van der Waals surface area (Å²) in [5.41, 5.74) is 10.2. The Balaban J connectivity index is 1.67. The van der Waals surface area contributed by atoms with Gasteiger partial charge in [0, 0.05) is 21.5 Å². The average molecular weight is 408 g/mol. The number of aryl methyl sites for hydroxylation is 1. The van der Waals surface area contributed by atoms with Crippen molar-refractivity contribution in [3.8, 4) is 22.3 Å². The van der Waals surface area contributed by atoms with Crippen molar-refractivity contribution in [1.82, 2.24) is 4.40 Å². The monoisotopic (exact) mass is 407 g/mol. The van der Waals surface area contributed by atoms with Gasteiger partial charge < -0.3 is 4.40 Å². The molecule has 2 heterocycles. The molecule has 7 rings (SSSR count). The summed E-state index contributed by atoms with van der Waals surface area (Å²) in [7, 11) is 0. The van der Waals surface area contributed by atoms with Gasteiger partial charge in [0.2, 0.25) is 0 Å². The average Bonchev–Trinajstić information content (AvgIpc) is 3.35. The zero-order valence-corrected chi connectivity index (χ0v) is 17.8. The molecule has 0 unspecified atom stereocenters. The highest BCUT2D eigenvalue weighted by atomic mass is 14.9. The minimum absolute atomic E-state index is 1.25. The summed E-state index contributed by atoms with van der Waals surface area (Å²) in [6, 6.07) is 39.9. The van der Waals surface area contributed by atoms with Crippen LogP contribution in [0.2, 0.25) is 0 Å². The molecule has 32 heavy (non-hydrogen) atoms. The van der Waals surface area contributed by atoms with Crippen LogP contribution in [0.25, 0.3) is 60.3 Å². The van der Waals surface area contributed by atoms with E-state index in [0.29, 0.717) is 0 Å². The largest absolute Gasteiger partial charge is 0.308 e. The molecular weight excluding hydrogens is 386 g/mol. The number of rotatable bonds is 2. The Morgan fingerprint density at radius 3 is 1.78 bits per heavy atom. The third kappa shape index (κ3) is 2.39. The highest BCUT2D eigenvalue weighted by Gasteiger charge is 2.19. The second-order valence-corrected chi connectivity index (χ2v) is 8.74. The van der Waals surface area contributed by atoms with Crippen LogP contribution in [0.15, 0.2) is 109 Å². The molecule has 150 valence electrons. The maximum Gasteiger partial charge on any atom is 0.0620 e. The summed E-state index contributed by atoms with van der Waals surface area (Å²) in [5, 5.41) is 5.28. The maximum absolute atomic E-state index is 2.46. The normalized spacial score (nSPS) is 11.9. The smallest absolute Gasteiger partial charge is 0.0620 e. The Hall–Kier alpha value is -4.10. The summed E-state index contributed by atoms with van der Waals surface area (Å²) in [6.45, 7) is 2.18. The molecule has 2 aromatic heterocycles. The molecule has 0 saturated carbocycles. The third-order valence-corrected chi connectivity index (χ3v) is 6.76. The lowest BCUT2D eigenvalue weighted by atomic mass is 9.98. The predicted molar refractivity (Wildman–Crippen MR) is 137 cm³/mol. The fourth-order valence-corrected chi connectivity index (χ4v) is 5.27. The molecule has 1 nitrogen and oxygen atoms in total. The van der Waals surface area contributed by atoms with E-state index in [9.17, 15) is 0 Å². The van der Waals surface area contributed by atoms with Crippen molar-refractivity contribution in [2.24, 2.45) is 0 Å². The number of fused-ring (bicyclic) bond motifs is 6. The fraction of sp³-hybridized carbons (Fsp3) is 0.0323. The van der Waals surface area contributed by atoms with Gasteiger partial charge in [-0.1, -0.05) is 78.9 Å². The van der Waals surface area contributed by atoms with Crippen LogP contribution >= 0.6 is 0 Å². The molecule has 0 bridgehead atoms. The van der Waals surface area contributed by atoms with Gasteiger partial charge in [0.05, 0.1) is 16.6 Å². The van der Waals surface area contributed by atoms with E-state index in [0.717, 1.165) is 0 Å². The topological polar surface area (TPSA) is 4.41 Å². The summed E-state index contributed by atoms with van der Waals surface area (Å²) >= 11 is 0. The van der Waals surface area contributed by atoms with Gasteiger partial charge in [0.25, 0.3) is 0 Å². The molecular formula is C31H21N. The van der Waals surface area contributed by atoms with Crippen molar-refractivity contribution in [3.63, 3.8) is 0 Å². The Kier molecular flexibility index (Phi) is 3.54. The zero-order valence-electron chi connectivity index (χ0n) is 17.8. The Bertz CT molecular complexity index is 1760. The highest BCUT2D eigenvalue weighted by molar-refractivity contribution is 6.24. The molecule has 1 heteroatoms. The Morgan fingerprint density at radius 1 is 0.438 bits per heavy atom. The molecule has 0 aliphatic rings. The van der Waals surface area contributed by atoms with Crippen LogP contribution < -0.4 is 0 Å². The van der Waals surface area contributed by atoms with E-state index in [4.69, 9.17) is 0 Å². The van der Waals surface area contributed by atoms with Crippen molar-refractivity contribution in [2.75, 3.05) is 0 Å². The van der Waals surface area contributed by atoms with E-state index in [1.165, 1.54) is 65.9 Å². The van der Waals surface area contributed by atoms with Gasteiger partial charge in [0.1, 0.15) is 0 Å². The third-order valence-electron chi connectivity index (χ3n) is 6.76. The van der Waals surface area contributed by atoms with E-state index in [2.05, 4.69) is 121 Å². The van der Waals surface area contributed by atoms with Gasteiger partial charge in [0.15, 0.2) is 0 Å². The van der Waals surface area contributed by atoms with Crippen LogP contribution in [0.5, 0.6) is 0 Å². The molecule has 7 aromatic rings. The quantitative estimate of drug-likeness (QED) is 0.271. The van der Waals surface area contributed by atoms with Crippen LogP contribution in [-0.4, -0.2) is 4.40 Å². The van der Waals surface area contributed by atoms with Crippen LogP contribution in [0.3, 0.4) is 0 Å². The fourth-order valence-electron chi connectivity index (χ4n) is 5.27. The summed E-state index contributed by atoms with van der Waals surface area (Å²) < 4.78 is 2.46. The lowest BCUT2D eigenvalue weighted by molar-refractivity contribution is 1.36. The molecule has 0 fully saturated rings. The van der Waals surface area contributed by atoms with E-state index >= 15 is 0 Å². The van der Waals surface area contributed by atoms with Gasteiger partial charge in [-0.25, -0.2) is 0 Å². The Morgan fingerprint density at radius 2 is 1.06 bits per heavy atom. The minimum atomic E-state index is 1.25. The molecule has 0 spiro atoms. The molecule has 0 N–H and O–H groups in total. The van der Waals surface area contributed by atoms with Gasteiger partial charge in [-0.15, -0.1) is 0 Å². The van der Waals surface area contributed by atoms with E-state index in [1.54, 1.807) is 0 Å². The second kappa shape index (κ2) is 6.45. The van der Waals surface area contributed by atoms with E-state index < -0.39 is 0 Å². The SMILES string of the molecule is Cc1ccc2c3cc(-c4ccccc4)cc4c5cc(-c6ccccc6)ccc5n(c2c1)c43. The first-order chi connectivity index (χ1) is 15.8. The van der Waals surface area contributed by atoms with Gasteiger partial charge in [-0.05, 0) is 65.1 Å². The molecule has 0 amide bonds. The van der Waals surface area contributed by atoms with Crippen LogP contribution in [0, 0.1) is 6.92 Å². The van der Waals surface area contributed by atoms with Gasteiger partial charge >= 0.3 is 0 Å². The van der Waals surface area contributed by atoms with Crippen LogP contribution in [0.4, 0.5) is 0 Å². The molecule has 5 aromatic carbocycles. The molecule has 0 saturated heterocycles. The van der Waals surface area contributed by atoms with Crippen molar-refractivity contribution in [2.45, 2.75) is 6.92 Å². The first-order valence-corrected chi connectivity index (χ1v) is 11.1. The lowest BCUT2D eigenvalue weighted by Crippen LogP contribution is -1.82. The number of benzene rings is 5. The second-order valence-electron chi connectivity index (χ2n) is 8.74. The van der Waals surface area contributed by atoms with Crippen molar-refractivity contribution >= 4 is 38.1 Å². The van der Waals surface area contributed by atoms with E-state index in [-0.39, 0.29) is 0 Å².